The normalized spacial score (nSPS) is 18.7. The van der Waals surface area contributed by atoms with Crippen LogP contribution in [-0.4, -0.2) is 47.1 Å². The molecule has 0 spiro atoms. The number of carbonyl (C=O) groups is 3. The number of aliphatic carboxylic acids is 1. The molecule has 1 saturated heterocycles. The highest BCUT2D eigenvalue weighted by atomic mass is 19.4. The highest BCUT2D eigenvalue weighted by Crippen LogP contribution is 2.25. The molecule has 1 heterocycles. The predicted octanol–water partition coefficient (Wildman–Crippen LogP) is 2.12. The van der Waals surface area contributed by atoms with E-state index in [4.69, 9.17) is 5.11 Å². The molecule has 2 amide bonds. The van der Waals surface area contributed by atoms with E-state index in [1.54, 1.807) is 30.3 Å². The van der Waals surface area contributed by atoms with Crippen molar-refractivity contribution in [1.82, 2.24) is 10.2 Å². The average molecular weight is 372 g/mol. The van der Waals surface area contributed by atoms with Crippen LogP contribution >= 0.6 is 0 Å². The molecule has 2 rings (SSSR count). The van der Waals surface area contributed by atoms with Gasteiger partial charge in [0.1, 0.15) is 6.54 Å². The van der Waals surface area contributed by atoms with Gasteiger partial charge < -0.3 is 15.3 Å². The molecule has 9 heteroatoms. The first-order valence-electron chi connectivity index (χ1n) is 8.07. The van der Waals surface area contributed by atoms with Gasteiger partial charge in [0, 0.05) is 19.4 Å². The number of amides is 2. The van der Waals surface area contributed by atoms with E-state index in [1.165, 1.54) is 0 Å². The van der Waals surface area contributed by atoms with Gasteiger partial charge in [-0.1, -0.05) is 30.3 Å². The number of carbonyl (C=O) groups excluding carboxylic acids is 2. The number of hydrogen-bond acceptors (Lipinski definition) is 3. The number of nitrogens with zero attached hydrogens (tertiary/aromatic N) is 1. The third kappa shape index (κ3) is 5.75. The van der Waals surface area contributed by atoms with E-state index in [2.05, 4.69) is 5.32 Å². The summed E-state index contributed by atoms with van der Waals surface area (Å²) in [6.45, 7) is -1.68. The number of halogens is 3. The highest BCUT2D eigenvalue weighted by molar-refractivity contribution is 5.89. The quantitative estimate of drug-likeness (QED) is 0.768. The van der Waals surface area contributed by atoms with Crippen molar-refractivity contribution < 1.29 is 32.7 Å². The summed E-state index contributed by atoms with van der Waals surface area (Å²) in [6, 6.07) is 8.10. The average Bonchev–Trinajstić information content (AvgIpc) is 2.91. The lowest BCUT2D eigenvalue weighted by Gasteiger charge is -2.21. The van der Waals surface area contributed by atoms with E-state index >= 15 is 0 Å². The Balaban J connectivity index is 2.03. The molecule has 6 nitrogen and oxygen atoms in total. The Bertz CT molecular complexity index is 664. The van der Waals surface area contributed by atoms with Gasteiger partial charge in [-0.2, -0.15) is 13.2 Å². The van der Waals surface area contributed by atoms with Crippen LogP contribution in [0.1, 0.15) is 30.9 Å². The monoisotopic (exact) mass is 372 g/mol. The maximum absolute atomic E-state index is 12.5. The molecule has 2 atom stereocenters. The van der Waals surface area contributed by atoms with Crippen molar-refractivity contribution in [2.24, 2.45) is 5.92 Å². The summed E-state index contributed by atoms with van der Waals surface area (Å²) in [5.74, 6) is -3.18. The summed E-state index contributed by atoms with van der Waals surface area (Å²) < 4.78 is 37.4. The molecule has 142 valence electrons. The molecule has 26 heavy (non-hydrogen) atoms. The molecule has 1 aliphatic rings. The Hall–Kier alpha value is -2.58. The van der Waals surface area contributed by atoms with Crippen LogP contribution in [0.15, 0.2) is 30.3 Å². The lowest BCUT2D eigenvalue weighted by molar-refractivity contribution is -0.157. The summed E-state index contributed by atoms with van der Waals surface area (Å²) in [5, 5.41) is 11.5. The predicted molar refractivity (Wildman–Crippen MR) is 84.9 cm³/mol. The highest BCUT2D eigenvalue weighted by Gasteiger charge is 2.40. The largest absolute Gasteiger partial charge is 0.481 e. The van der Waals surface area contributed by atoms with Gasteiger partial charge >= 0.3 is 12.1 Å². The summed E-state index contributed by atoms with van der Waals surface area (Å²) >= 11 is 0. The molecule has 0 bridgehead atoms. The van der Waals surface area contributed by atoms with Crippen LogP contribution in [-0.2, 0) is 14.4 Å². The Labute approximate surface area is 148 Å². The maximum Gasteiger partial charge on any atom is 0.406 e. The number of alkyl halides is 3. The molecule has 1 aliphatic heterocycles. The molecule has 0 radical (unpaired) electrons. The maximum atomic E-state index is 12.5. The third-order valence-electron chi connectivity index (χ3n) is 4.12. The van der Waals surface area contributed by atoms with Gasteiger partial charge in [0.25, 0.3) is 0 Å². The first-order valence-corrected chi connectivity index (χ1v) is 8.07. The van der Waals surface area contributed by atoms with Crippen molar-refractivity contribution >= 4 is 17.8 Å². The van der Waals surface area contributed by atoms with E-state index < -0.39 is 42.5 Å². The van der Waals surface area contributed by atoms with Gasteiger partial charge in [-0.25, -0.2) is 0 Å². The zero-order valence-corrected chi connectivity index (χ0v) is 13.8. The van der Waals surface area contributed by atoms with E-state index in [0.29, 0.717) is 10.5 Å². The topological polar surface area (TPSA) is 86.7 Å². The van der Waals surface area contributed by atoms with Gasteiger partial charge in [0.2, 0.25) is 11.8 Å². The first kappa shape index (κ1) is 19.7. The van der Waals surface area contributed by atoms with E-state index in [0.717, 1.165) is 0 Å². The van der Waals surface area contributed by atoms with Gasteiger partial charge in [0.15, 0.2) is 0 Å². The van der Waals surface area contributed by atoms with Crippen LogP contribution < -0.4 is 5.32 Å². The Morgan fingerprint density at radius 3 is 2.50 bits per heavy atom. The summed E-state index contributed by atoms with van der Waals surface area (Å²) in [4.78, 5) is 35.6. The van der Waals surface area contributed by atoms with Crippen molar-refractivity contribution in [3.05, 3.63) is 35.9 Å². The standard InChI is InChI=1S/C17H19F3N2O4/c18-17(19,20)10-22-9-12(8-14(22)23)16(26)21-13(6-7-15(24)25)11-4-2-1-3-5-11/h1-5,12-13H,6-10H2,(H,21,26)(H,24,25). The molecule has 1 aromatic rings. The molecule has 0 aromatic heterocycles. The Kier molecular flexibility index (Phi) is 6.23. The van der Waals surface area contributed by atoms with Crippen LogP contribution in [0, 0.1) is 5.92 Å². The molecule has 0 aliphatic carbocycles. The lowest BCUT2D eigenvalue weighted by atomic mass is 10.00. The van der Waals surface area contributed by atoms with Crippen molar-refractivity contribution in [2.75, 3.05) is 13.1 Å². The van der Waals surface area contributed by atoms with Crippen molar-refractivity contribution in [3.8, 4) is 0 Å². The second-order valence-electron chi connectivity index (χ2n) is 6.19. The molecular weight excluding hydrogens is 353 g/mol. The molecular formula is C17H19F3N2O4. The van der Waals surface area contributed by atoms with Crippen LogP contribution in [0.25, 0.3) is 0 Å². The molecule has 2 N–H and O–H groups in total. The van der Waals surface area contributed by atoms with Gasteiger partial charge in [0.05, 0.1) is 12.0 Å². The molecule has 1 aromatic carbocycles. The third-order valence-corrected chi connectivity index (χ3v) is 4.12. The molecule has 1 fully saturated rings. The Morgan fingerprint density at radius 1 is 1.27 bits per heavy atom. The summed E-state index contributed by atoms with van der Waals surface area (Å²) in [7, 11) is 0. The minimum atomic E-state index is -4.52. The summed E-state index contributed by atoms with van der Waals surface area (Å²) in [6.07, 6.45) is -4.85. The van der Waals surface area contributed by atoms with E-state index in [-0.39, 0.29) is 25.8 Å². The fourth-order valence-electron chi connectivity index (χ4n) is 2.88. The zero-order valence-electron chi connectivity index (χ0n) is 13.8. The Morgan fingerprint density at radius 2 is 1.92 bits per heavy atom. The minimum absolute atomic E-state index is 0.137. The smallest absolute Gasteiger partial charge is 0.406 e. The number of nitrogens with one attached hydrogen (secondary N) is 1. The van der Waals surface area contributed by atoms with Crippen LogP contribution in [0.5, 0.6) is 0 Å². The fourth-order valence-corrected chi connectivity index (χ4v) is 2.88. The SMILES string of the molecule is O=C(O)CCC(NC(=O)C1CC(=O)N(CC(F)(F)F)C1)c1ccccc1. The van der Waals surface area contributed by atoms with Crippen molar-refractivity contribution in [3.63, 3.8) is 0 Å². The fraction of sp³-hybridized carbons (Fsp3) is 0.471. The van der Waals surface area contributed by atoms with Crippen molar-refractivity contribution in [2.45, 2.75) is 31.5 Å². The van der Waals surface area contributed by atoms with E-state index in [9.17, 15) is 27.6 Å². The van der Waals surface area contributed by atoms with Crippen LogP contribution in [0.4, 0.5) is 13.2 Å². The van der Waals surface area contributed by atoms with E-state index in [1.807, 2.05) is 0 Å². The van der Waals surface area contributed by atoms with Gasteiger partial charge in [-0.15, -0.1) is 0 Å². The number of carboxylic acid groups (broad SMARTS) is 1. The lowest BCUT2D eigenvalue weighted by Crippen LogP contribution is -2.38. The summed E-state index contributed by atoms with van der Waals surface area (Å²) in [5.41, 5.74) is 0.693. The minimum Gasteiger partial charge on any atom is -0.481 e. The van der Waals surface area contributed by atoms with Crippen LogP contribution in [0.3, 0.4) is 0 Å². The molecule has 2 unspecified atom stereocenters. The van der Waals surface area contributed by atoms with Crippen LogP contribution in [0.2, 0.25) is 0 Å². The number of hydrogen-bond donors (Lipinski definition) is 2. The van der Waals surface area contributed by atoms with Gasteiger partial charge in [-0.05, 0) is 12.0 Å². The van der Waals surface area contributed by atoms with Crippen molar-refractivity contribution in [1.29, 1.82) is 0 Å². The zero-order chi connectivity index (χ0) is 19.3. The van der Waals surface area contributed by atoms with Gasteiger partial charge in [-0.3, -0.25) is 14.4 Å². The number of carboxylic acids is 1. The number of likely N-dealkylation sites (tertiary alicyclic amines) is 1. The number of benzene rings is 1. The second kappa shape index (κ2) is 8.20. The second-order valence-corrected chi connectivity index (χ2v) is 6.19. The molecule has 0 saturated carbocycles. The first-order chi connectivity index (χ1) is 12.2. The number of rotatable bonds is 7.